The highest BCUT2D eigenvalue weighted by Crippen LogP contribution is 2.17. The van der Waals surface area contributed by atoms with E-state index in [0.717, 1.165) is 29.7 Å². The van der Waals surface area contributed by atoms with Crippen LogP contribution in [-0.4, -0.2) is 31.6 Å². The Morgan fingerprint density at radius 3 is 3.06 bits per heavy atom. The number of nitrogens with one attached hydrogen (secondary N) is 1. The minimum atomic E-state index is 0.668. The first-order valence-corrected chi connectivity index (χ1v) is 5.81. The lowest BCUT2D eigenvalue weighted by atomic mass is 10.3. The summed E-state index contributed by atoms with van der Waals surface area (Å²) in [4.78, 5) is 3.99. The van der Waals surface area contributed by atoms with Crippen molar-refractivity contribution in [3.05, 3.63) is 36.9 Å². The summed E-state index contributed by atoms with van der Waals surface area (Å²) in [6.07, 6.45) is 6.47. The number of H-pyrrole nitrogens is 1. The number of aromatic nitrogens is 5. The molecule has 0 saturated carbocycles. The van der Waals surface area contributed by atoms with Crippen LogP contribution in [0.1, 0.15) is 6.42 Å². The van der Waals surface area contributed by atoms with Gasteiger partial charge < -0.3 is 9.30 Å². The van der Waals surface area contributed by atoms with Gasteiger partial charge in [0.15, 0.2) is 0 Å². The van der Waals surface area contributed by atoms with Gasteiger partial charge in [0.05, 0.1) is 12.9 Å². The second-order valence-corrected chi connectivity index (χ2v) is 3.98. The maximum Gasteiger partial charge on any atom is 0.121 e. The van der Waals surface area contributed by atoms with Gasteiger partial charge in [-0.15, -0.1) is 0 Å². The van der Waals surface area contributed by atoms with Crippen LogP contribution in [0.2, 0.25) is 0 Å². The van der Waals surface area contributed by atoms with Gasteiger partial charge in [-0.25, -0.2) is 4.98 Å². The van der Waals surface area contributed by atoms with Gasteiger partial charge in [0.2, 0.25) is 0 Å². The topological polar surface area (TPSA) is 68.6 Å². The van der Waals surface area contributed by atoms with Crippen molar-refractivity contribution < 1.29 is 4.74 Å². The molecular weight excluding hydrogens is 230 g/mol. The number of ether oxygens (including phenoxy) is 1. The first-order chi connectivity index (χ1) is 8.92. The molecule has 0 unspecified atom stereocenters. The molecule has 0 aliphatic carbocycles. The van der Waals surface area contributed by atoms with E-state index < -0.39 is 0 Å². The summed E-state index contributed by atoms with van der Waals surface area (Å²) in [5.41, 5.74) is 1.67. The van der Waals surface area contributed by atoms with E-state index in [0.29, 0.717) is 6.61 Å². The first-order valence-electron chi connectivity index (χ1n) is 5.81. The Hall–Kier alpha value is -2.37. The van der Waals surface area contributed by atoms with Crippen molar-refractivity contribution in [3.8, 4) is 5.75 Å². The molecule has 0 radical (unpaired) electrons. The van der Waals surface area contributed by atoms with E-state index in [-0.39, 0.29) is 0 Å². The Labute approximate surface area is 104 Å². The number of hydrogen-bond donors (Lipinski definition) is 1. The molecule has 6 heteroatoms. The van der Waals surface area contributed by atoms with Crippen LogP contribution < -0.4 is 4.74 Å². The molecule has 2 aromatic heterocycles. The normalized spacial score (nSPS) is 10.9. The number of aryl methyl sites for hydroxylation is 1. The van der Waals surface area contributed by atoms with Gasteiger partial charge in [0.25, 0.3) is 0 Å². The third-order valence-electron chi connectivity index (χ3n) is 2.68. The first kappa shape index (κ1) is 10.8. The van der Waals surface area contributed by atoms with Crippen LogP contribution in [0.5, 0.6) is 5.75 Å². The Morgan fingerprint density at radius 2 is 2.17 bits per heavy atom. The Morgan fingerprint density at radius 1 is 1.22 bits per heavy atom. The zero-order valence-electron chi connectivity index (χ0n) is 9.78. The third kappa shape index (κ3) is 2.32. The van der Waals surface area contributed by atoms with Crippen molar-refractivity contribution in [2.45, 2.75) is 13.0 Å². The fourth-order valence-electron chi connectivity index (χ4n) is 1.77. The number of benzene rings is 1. The molecule has 18 heavy (non-hydrogen) atoms. The Kier molecular flexibility index (Phi) is 2.91. The summed E-state index contributed by atoms with van der Waals surface area (Å²) in [7, 11) is 0. The number of imidazole rings is 1. The average molecular weight is 243 g/mol. The molecule has 0 amide bonds. The van der Waals surface area contributed by atoms with Gasteiger partial charge in [-0.2, -0.15) is 15.4 Å². The fraction of sp³-hybridized carbons (Fsp3) is 0.250. The molecule has 6 nitrogen and oxygen atoms in total. The summed E-state index contributed by atoms with van der Waals surface area (Å²) in [6, 6.07) is 5.68. The molecule has 0 bridgehead atoms. The summed E-state index contributed by atoms with van der Waals surface area (Å²) >= 11 is 0. The molecule has 3 aromatic rings. The van der Waals surface area contributed by atoms with Gasteiger partial charge >= 0.3 is 0 Å². The number of hydrogen-bond acceptors (Lipinski definition) is 4. The summed E-state index contributed by atoms with van der Waals surface area (Å²) in [5, 5.41) is 10.6. The maximum atomic E-state index is 5.67. The molecule has 0 atom stereocenters. The lowest BCUT2D eigenvalue weighted by Crippen LogP contribution is -2.02. The predicted molar refractivity (Wildman–Crippen MR) is 66.2 cm³/mol. The van der Waals surface area contributed by atoms with E-state index in [9.17, 15) is 0 Å². The minimum absolute atomic E-state index is 0.668. The molecule has 0 aliphatic rings. The van der Waals surface area contributed by atoms with Crippen molar-refractivity contribution in [2.75, 3.05) is 6.61 Å². The van der Waals surface area contributed by atoms with Gasteiger partial charge in [0.1, 0.15) is 16.8 Å². The molecule has 1 N–H and O–H groups in total. The zero-order valence-corrected chi connectivity index (χ0v) is 9.78. The molecule has 1 aromatic carbocycles. The monoisotopic (exact) mass is 243 g/mol. The second-order valence-electron chi connectivity index (χ2n) is 3.98. The average Bonchev–Trinajstić information content (AvgIpc) is 3.05. The van der Waals surface area contributed by atoms with E-state index in [1.165, 1.54) is 0 Å². The fourth-order valence-corrected chi connectivity index (χ4v) is 1.77. The molecule has 3 rings (SSSR count). The maximum absolute atomic E-state index is 5.67. The number of fused-ring (bicyclic) bond motifs is 1. The van der Waals surface area contributed by atoms with Crippen LogP contribution in [-0.2, 0) is 6.54 Å². The molecule has 0 spiro atoms. The van der Waals surface area contributed by atoms with E-state index in [4.69, 9.17) is 4.74 Å². The lowest BCUT2D eigenvalue weighted by Gasteiger charge is -2.06. The van der Waals surface area contributed by atoms with Crippen LogP contribution in [0.4, 0.5) is 0 Å². The van der Waals surface area contributed by atoms with Crippen molar-refractivity contribution >= 4 is 11.0 Å². The second kappa shape index (κ2) is 4.87. The minimum Gasteiger partial charge on any atom is -0.493 e. The number of aromatic amines is 1. The Bertz CT molecular complexity index is 616. The molecule has 92 valence electrons. The molecule has 0 aliphatic heterocycles. The SMILES string of the molecule is c1cn(CCCOc2ccc3n[nH]nc3c2)cn1. The molecule has 0 saturated heterocycles. The van der Waals surface area contributed by atoms with Crippen LogP contribution in [0, 0.1) is 0 Å². The van der Waals surface area contributed by atoms with Gasteiger partial charge in [-0.1, -0.05) is 0 Å². The van der Waals surface area contributed by atoms with Gasteiger partial charge in [0, 0.05) is 25.0 Å². The predicted octanol–water partition coefficient (Wildman–Crippen LogP) is 1.62. The van der Waals surface area contributed by atoms with E-state index in [1.807, 2.05) is 29.0 Å². The molecular formula is C12H13N5O. The van der Waals surface area contributed by atoms with Crippen molar-refractivity contribution in [3.63, 3.8) is 0 Å². The lowest BCUT2D eigenvalue weighted by molar-refractivity contribution is 0.302. The zero-order chi connectivity index (χ0) is 12.2. The highest BCUT2D eigenvalue weighted by atomic mass is 16.5. The van der Waals surface area contributed by atoms with Crippen LogP contribution in [0.3, 0.4) is 0 Å². The van der Waals surface area contributed by atoms with Crippen molar-refractivity contribution in [1.82, 2.24) is 25.0 Å². The molecule has 2 heterocycles. The van der Waals surface area contributed by atoms with Crippen molar-refractivity contribution in [1.29, 1.82) is 0 Å². The summed E-state index contributed by atoms with van der Waals surface area (Å²) in [5.74, 6) is 0.821. The highest BCUT2D eigenvalue weighted by molar-refractivity contribution is 5.75. The smallest absolute Gasteiger partial charge is 0.121 e. The van der Waals surface area contributed by atoms with E-state index in [1.54, 1.807) is 12.5 Å². The van der Waals surface area contributed by atoms with E-state index in [2.05, 4.69) is 20.4 Å². The third-order valence-corrected chi connectivity index (χ3v) is 2.68. The Balaban J connectivity index is 1.53. The van der Waals surface area contributed by atoms with Crippen LogP contribution >= 0.6 is 0 Å². The van der Waals surface area contributed by atoms with E-state index >= 15 is 0 Å². The molecule has 0 fully saturated rings. The quantitative estimate of drug-likeness (QED) is 0.691. The number of nitrogens with zero attached hydrogens (tertiary/aromatic N) is 4. The largest absolute Gasteiger partial charge is 0.493 e. The van der Waals surface area contributed by atoms with Gasteiger partial charge in [-0.05, 0) is 18.6 Å². The van der Waals surface area contributed by atoms with Crippen molar-refractivity contribution in [2.24, 2.45) is 0 Å². The summed E-state index contributed by atoms with van der Waals surface area (Å²) < 4.78 is 7.70. The van der Waals surface area contributed by atoms with Crippen LogP contribution in [0.25, 0.3) is 11.0 Å². The van der Waals surface area contributed by atoms with Gasteiger partial charge in [-0.3, -0.25) is 0 Å². The summed E-state index contributed by atoms with van der Waals surface area (Å²) in [6.45, 7) is 1.58. The number of rotatable bonds is 5. The highest BCUT2D eigenvalue weighted by Gasteiger charge is 2.00. The standard InChI is InChI=1S/C12H13N5O/c1(5-17-6-4-13-9-17)7-18-10-2-3-11-12(8-10)15-16-14-11/h2-4,6,8-9H,1,5,7H2,(H,14,15,16). The van der Waals surface area contributed by atoms with Crippen LogP contribution in [0.15, 0.2) is 36.9 Å².